The number of likely N-dealkylation sites (N-methyl/N-ethyl adjacent to an activating group) is 1. The maximum absolute atomic E-state index is 12.5. The van der Waals surface area contributed by atoms with Gasteiger partial charge in [0.15, 0.2) is 0 Å². The fourth-order valence-corrected chi connectivity index (χ4v) is 2.83. The SMILES string of the molecule is CCNC1COCC1C(=O)N1CCC(O)C(C)C1. The summed E-state index contributed by atoms with van der Waals surface area (Å²) >= 11 is 0. The average molecular weight is 256 g/mol. The normalized spacial score (nSPS) is 36.9. The molecule has 2 fully saturated rings. The highest BCUT2D eigenvalue weighted by atomic mass is 16.5. The highest BCUT2D eigenvalue weighted by molar-refractivity contribution is 5.80. The Hall–Kier alpha value is -0.650. The number of amides is 1. The van der Waals surface area contributed by atoms with Gasteiger partial charge in [-0.05, 0) is 18.9 Å². The Balaban J connectivity index is 1.94. The number of aliphatic hydroxyl groups excluding tert-OH is 1. The van der Waals surface area contributed by atoms with Gasteiger partial charge in [0, 0.05) is 19.1 Å². The van der Waals surface area contributed by atoms with E-state index in [9.17, 15) is 9.90 Å². The minimum absolute atomic E-state index is 0.0626. The molecular weight excluding hydrogens is 232 g/mol. The summed E-state index contributed by atoms with van der Waals surface area (Å²) in [6.07, 6.45) is 0.422. The minimum atomic E-state index is -0.265. The second-order valence-corrected chi connectivity index (χ2v) is 5.43. The minimum Gasteiger partial charge on any atom is -0.393 e. The van der Waals surface area contributed by atoms with Crippen LogP contribution in [0.1, 0.15) is 20.3 Å². The van der Waals surface area contributed by atoms with Crippen LogP contribution in [0.15, 0.2) is 0 Å². The Bertz CT molecular complexity index is 298. The summed E-state index contributed by atoms with van der Waals surface area (Å²) in [6, 6.07) is 0.143. The van der Waals surface area contributed by atoms with Gasteiger partial charge in [-0.1, -0.05) is 13.8 Å². The number of nitrogens with one attached hydrogen (secondary N) is 1. The molecule has 0 spiro atoms. The lowest BCUT2D eigenvalue weighted by Gasteiger charge is -2.36. The van der Waals surface area contributed by atoms with Crippen molar-refractivity contribution in [2.45, 2.75) is 32.4 Å². The molecule has 2 saturated heterocycles. The number of piperidine rings is 1. The van der Waals surface area contributed by atoms with Gasteiger partial charge in [0.25, 0.3) is 0 Å². The van der Waals surface area contributed by atoms with Crippen LogP contribution >= 0.6 is 0 Å². The number of aliphatic hydroxyl groups is 1. The van der Waals surface area contributed by atoms with E-state index in [0.717, 1.165) is 6.54 Å². The second kappa shape index (κ2) is 5.99. The largest absolute Gasteiger partial charge is 0.393 e. The van der Waals surface area contributed by atoms with Crippen molar-refractivity contribution in [2.75, 3.05) is 32.8 Å². The predicted octanol–water partition coefficient (Wildman–Crippen LogP) is -0.160. The Morgan fingerprint density at radius 2 is 2.28 bits per heavy atom. The van der Waals surface area contributed by atoms with Crippen molar-refractivity contribution in [1.29, 1.82) is 0 Å². The average Bonchev–Trinajstić information content (AvgIpc) is 2.80. The maximum Gasteiger partial charge on any atom is 0.229 e. The molecule has 4 atom stereocenters. The van der Waals surface area contributed by atoms with Crippen LogP contribution in [-0.2, 0) is 9.53 Å². The fraction of sp³-hybridized carbons (Fsp3) is 0.923. The smallest absolute Gasteiger partial charge is 0.229 e. The summed E-state index contributed by atoms with van der Waals surface area (Å²) in [7, 11) is 0. The lowest BCUT2D eigenvalue weighted by Crippen LogP contribution is -2.51. The van der Waals surface area contributed by atoms with Gasteiger partial charge in [0.1, 0.15) is 0 Å². The number of carbonyl (C=O) groups excluding carboxylic acids is 1. The summed E-state index contributed by atoms with van der Waals surface area (Å²) in [6.45, 7) is 7.36. The van der Waals surface area contributed by atoms with E-state index in [1.165, 1.54) is 0 Å². The topological polar surface area (TPSA) is 61.8 Å². The van der Waals surface area contributed by atoms with Gasteiger partial charge in [-0.2, -0.15) is 0 Å². The van der Waals surface area contributed by atoms with Crippen molar-refractivity contribution in [3.8, 4) is 0 Å². The zero-order chi connectivity index (χ0) is 13.1. The molecule has 2 heterocycles. The van der Waals surface area contributed by atoms with Crippen LogP contribution in [0.3, 0.4) is 0 Å². The number of ether oxygens (including phenoxy) is 1. The molecule has 0 aromatic heterocycles. The van der Waals surface area contributed by atoms with Crippen molar-refractivity contribution in [1.82, 2.24) is 10.2 Å². The van der Waals surface area contributed by atoms with Gasteiger partial charge in [-0.3, -0.25) is 4.79 Å². The fourth-order valence-electron chi connectivity index (χ4n) is 2.83. The molecule has 4 unspecified atom stereocenters. The van der Waals surface area contributed by atoms with Crippen LogP contribution in [0.2, 0.25) is 0 Å². The first-order chi connectivity index (χ1) is 8.63. The molecule has 0 aliphatic carbocycles. The Kier molecular flexibility index (Phi) is 4.59. The number of likely N-dealkylation sites (tertiary alicyclic amines) is 1. The van der Waals surface area contributed by atoms with E-state index < -0.39 is 0 Å². The van der Waals surface area contributed by atoms with Crippen molar-refractivity contribution < 1.29 is 14.6 Å². The zero-order valence-corrected chi connectivity index (χ0v) is 11.3. The lowest BCUT2D eigenvalue weighted by molar-refractivity contribution is -0.139. The molecule has 0 aromatic carbocycles. The maximum atomic E-state index is 12.5. The summed E-state index contributed by atoms with van der Waals surface area (Å²) in [5, 5.41) is 13.0. The van der Waals surface area contributed by atoms with E-state index in [2.05, 4.69) is 5.32 Å². The number of carbonyl (C=O) groups is 1. The molecule has 2 N–H and O–H groups in total. The molecule has 1 amide bonds. The summed E-state index contributed by atoms with van der Waals surface area (Å²) in [5.74, 6) is 0.284. The Morgan fingerprint density at radius 3 is 2.94 bits per heavy atom. The number of nitrogens with zero attached hydrogens (tertiary/aromatic N) is 1. The second-order valence-electron chi connectivity index (χ2n) is 5.43. The van der Waals surface area contributed by atoms with E-state index in [4.69, 9.17) is 4.74 Å². The number of hydrogen-bond acceptors (Lipinski definition) is 4. The molecule has 0 radical (unpaired) electrons. The summed E-state index contributed by atoms with van der Waals surface area (Å²) in [4.78, 5) is 14.4. The zero-order valence-electron chi connectivity index (χ0n) is 11.3. The quantitative estimate of drug-likeness (QED) is 0.736. The van der Waals surface area contributed by atoms with Gasteiger partial charge < -0.3 is 20.1 Å². The summed E-state index contributed by atoms with van der Waals surface area (Å²) < 4.78 is 5.42. The Morgan fingerprint density at radius 1 is 1.50 bits per heavy atom. The van der Waals surface area contributed by atoms with Gasteiger partial charge >= 0.3 is 0 Å². The molecule has 104 valence electrons. The number of rotatable bonds is 3. The molecule has 18 heavy (non-hydrogen) atoms. The third-order valence-corrected chi connectivity index (χ3v) is 4.04. The van der Waals surface area contributed by atoms with Crippen LogP contribution in [0.25, 0.3) is 0 Å². The standard InChI is InChI=1S/C13H24N2O3/c1-3-14-11-8-18-7-10(11)13(17)15-5-4-12(16)9(2)6-15/h9-12,14,16H,3-8H2,1-2H3. The molecule has 0 bridgehead atoms. The van der Waals surface area contributed by atoms with E-state index in [1.54, 1.807) is 0 Å². The van der Waals surface area contributed by atoms with Crippen LogP contribution in [0.5, 0.6) is 0 Å². The van der Waals surface area contributed by atoms with Crippen LogP contribution in [0.4, 0.5) is 0 Å². The van der Waals surface area contributed by atoms with E-state index in [-0.39, 0.29) is 29.9 Å². The van der Waals surface area contributed by atoms with Crippen LogP contribution in [0, 0.1) is 11.8 Å². The molecular formula is C13H24N2O3. The van der Waals surface area contributed by atoms with Gasteiger partial charge in [0.05, 0.1) is 25.2 Å². The van der Waals surface area contributed by atoms with Gasteiger partial charge in [-0.25, -0.2) is 0 Å². The van der Waals surface area contributed by atoms with Crippen molar-refractivity contribution in [3.05, 3.63) is 0 Å². The third kappa shape index (κ3) is 2.84. The number of hydrogen-bond donors (Lipinski definition) is 2. The third-order valence-electron chi connectivity index (χ3n) is 4.04. The monoisotopic (exact) mass is 256 g/mol. The highest BCUT2D eigenvalue weighted by Gasteiger charge is 2.38. The summed E-state index contributed by atoms with van der Waals surface area (Å²) in [5.41, 5.74) is 0. The Labute approximate surface area is 108 Å². The highest BCUT2D eigenvalue weighted by Crippen LogP contribution is 2.22. The molecule has 0 aromatic rings. The van der Waals surface area contributed by atoms with E-state index in [0.29, 0.717) is 32.7 Å². The molecule has 5 heteroatoms. The van der Waals surface area contributed by atoms with Crippen LogP contribution < -0.4 is 5.32 Å². The van der Waals surface area contributed by atoms with E-state index >= 15 is 0 Å². The lowest BCUT2D eigenvalue weighted by atomic mass is 9.94. The molecule has 2 aliphatic rings. The van der Waals surface area contributed by atoms with Gasteiger partial charge in [-0.15, -0.1) is 0 Å². The van der Waals surface area contributed by atoms with Gasteiger partial charge in [0.2, 0.25) is 5.91 Å². The molecule has 5 nitrogen and oxygen atoms in total. The molecule has 2 aliphatic heterocycles. The molecule has 2 rings (SSSR count). The molecule has 0 saturated carbocycles. The first-order valence-corrected chi connectivity index (χ1v) is 6.91. The van der Waals surface area contributed by atoms with Crippen LogP contribution in [-0.4, -0.2) is 60.9 Å². The first kappa shape index (κ1) is 13.8. The van der Waals surface area contributed by atoms with Crippen molar-refractivity contribution in [2.24, 2.45) is 11.8 Å². The van der Waals surface area contributed by atoms with Crippen molar-refractivity contribution in [3.63, 3.8) is 0 Å². The van der Waals surface area contributed by atoms with Crippen molar-refractivity contribution >= 4 is 5.91 Å². The first-order valence-electron chi connectivity index (χ1n) is 6.91. The predicted molar refractivity (Wildman–Crippen MR) is 68.1 cm³/mol. The van der Waals surface area contributed by atoms with E-state index in [1.807, 2.05) is 18.7 Å².